The molecule has 306 valence electrons. The van der Waals surface area contributed by atoms with Crippen molar-refractivity contribution in [3.05, 3.63) is 122 Å². The van der Waals surface area contributed by atoms with Crippen molar-refractivity contribution in [1.82, 2.24) is 0 Å². The molecular weight excluding hydrogens is 1130 g/mol. The Morgan fingerprint density at radius 2 is 0.850 bits per heavy atom. The summed E-state index contributed by atoms with van der Waals surface area (Å²) in [7, 11) is -15.5. The average Bonchev–Trinajstić information content (AvgIpc) is 3.84. The molecule has 9 rings (SSSR count). The van der Waals surface area contributed by atoms with Crippen molar-refractivity contribution in [1.29, 1.82) is 0 Å². The second-order valence-corrected chi connectivity index (χ2v) is 19.6. The molecule has 0 radical (unpaired) electrons. The first-order valence-corrected chi connectivity index (χ1v) is 24.1. The highest BCUT2D eigenvalue weighted by molar-refractivity contribution is 9.11. The number of benzene rings is 4. The van der Waals surface area contributed by atoms with Gasteiger partial charge in [-0.1, -0.05) is 37.9 Å². The van der Waals surface area contributed by atoms with Crippen LogP contribution in [0.2, 0.25) is 0 Å². The summed E-state index contributed by atoms with van der Waals surface area (Å²) in [4.78, 5) is 28.9. The lowest BCUT2D eigenvalue weighted by atomic mass is 10.1. The maximum absolute atomic E-state index is 12.4. The Labute approximate surface area is 374 Å². The number of nitrogens with zero attached hydrogens (tertiary/aromatic N) is 6. The molecule has 0 atom stereocenters. The average molecular weight is 1150 g/mol. The van der Waals surface area contributed by atoms with E-state index in [1.54, 1.807) is 6.07 Å². The molecule has 0 saturated carbocycles. The molecule has 18 nitrogen and oxygen atoms in total. The van der Waals surface area contributed by atoms with Crippen molar-refractivity contribution >= 4 is 151 Å². The van der Waals surface area contributed by atoms with Gasteiger partial charge in [0, 0.05) is 74.6 Å². The Kier molecular flexibility index (Phi) is 12.0. The van der Waals surface area contributed by atoms with Crippen LogP contribution in [0.15, 0.2) is 118 Å². The van der Waals surface area contributed by atoms with Gasteiger partial charge in [0.25, 0.3) is 20.2 Å². The normalized spacial score (nSPS) is 15.6. The maximum Gasteiger partial charge on any atom is 0.425 e. The summed E-state index contributed by atoms with van der Waals surface area (Å²) in [5, 5.41) is 1.61. The summed E-state index contributed by atoms with van der Waals surface area (Å²) in [6.45, 7) is 0. The van der Waals surface area contributed by atoms with E-state index in [1.165, 1.54) is 18.2 Å². The zero-order valence-electron chi connectivity index (χ0n) is 29.0. The van der Waals surface area contributed by atoms with E-state index < -0.39 is 41.5 Å². The fraction of sp³-hybridized carbons (Fsp3) is 0.0588. The molecule has 4 aromatic rings. The van der Waals surface area contributed by atoms with E-state index in [0.717, 1.165) is 30.5 Å². The monoisotopic (exact) mass is 1140 g/mol. The van der Waals surface area contributed by atoms with Crippen LogP contribution in [0.1, 0.15) is 46.2 Å². The van der Waals surface area contributed by atoms with Gasteiger partial charge in [-0.3, -0.25) is 9.11 Å². The quantitative estimate of drug-likeness (QED) is 0.270. The second kappa shape index (κ2) is 16.5. The molecule has 4 aromatic carbocycles. The Balaban J connectivity index is 0.000000628. The van der Waals surface area contributed by atoms with Crippen molar-refractivity contribution in [2.45, 2.75) is 22.6 Å². The molecule has 8 bridgehead atoms. The molecule has 0 fully saturated rings. The summed E-state index contributed by atoms with van der Waals surface area (Å²) in [5.74, 6) is 1.14. The van der Waals surface area contributed by atoms with Crippen LogP contribution >= 0.6 is 63.7 Å². The summed E-state index contributed by atoms with van der Waals surface area (Å²) < 4.78 is 122. The molecule has 0 amide bonds. The van der Waals surface area contributed by atoms with E-state index in [4.69, 9.17) is 55.2 Å². The van der Waals surface area contributed by atoms with Crippen LogP contribution in [0.25, 0.3) is 11.4 Å². The minimum absolute atomic E-state index is 0.0774. The zero-order valence-corrected chi connectivity index (χ0v) is 38.6. The van der Waals surface area contributed by atoms with Crippen LogP contribution in [0.5, 0.6) is 0 Å². The topological polar surface area (TPSA) is 285 Å². The first kappa shape index (κ1) is 43.7. The van der Waals surface area contributed by atoms with Gasteiger partial charge in [0.05, 0.1) is 22.8 Å². The lowest BCUT2D eigenvalue weighted by molar-refractivity contribution is 0.480. The van der Waals surface area contributed by atoms with Gasteiger partial charge in [-0.15, -0.1) is 25.3 Å². The molecule has 5 aliphatic rings. The van der Waals surface area contributed by atoms with Crippen LogP contribution in [0.3, 0.4) is 0 Å². The van der Waals surface area contributed by atoms with Crippen LogP contribution < -0.4 is 10.4 Å². The molecule has 0 unspecified atom stereocenters. The second-order valence-electron chi connectivity index (χ2n) is 12.5. The smallest absolute Gasteiger partial charge is 0.282 e. The first-order chi connectivity index (χ1) is 28.1. The number of hydrogen-bond donors (Lipinski definition) is 2. The zero-order chi connectivity index (χ0) is 43.6. The fourth-order valence-corrected chi connectivity index (χ4v) is 10.4. The van der Waals surface area contributed by atoms with E-state index in [9.17, 15) is 25.9 Å². The number of hydrogen-bond acceptors (Lipinski definition) is 16. The summed E-state index contributed by atoms with van der Waals surface area (Å²) in [6.07, 6.45) is 0.406. The van der Waals surface area contributed by atoms with Crippen LogP contribution in [-0.2, 0) is 41.5 Å². The third-order valence-electron chi connectivity index (χ3n) is 8.93. The summed E-state index contributed by atoms with van der Waals surface area (Å²) in [5.41, 5.74) is 5.33. The first-order valence-electron chi connectivity index (χ1n) is 16.1. The van der Waals surface area contributed by atoms with Gasteiger partial charge in [0.1, 0.15) is 9.79 Å². The van der Waals surface area contributed by atoms with Gasteiger partial charge >= 0.3 is 21.2 Å². The van der Waals surface area contributed by atoms with Crippen molar-refractivity contribution in [2.24, 2.45) is 30.0 Å². The molecule has 0 saturated heterocycles. The number of aliphatic imine (C=N–C) groups is 6. The number of amidine groups is 4. The van der Waals surface area contributed by atoms with Gasteiger partial charge < -0.3 is 0 Å². The number of fused-ring (bicyclic) bond motifs is 16. The predicted octanol–water partition coefficient (Wildman–Crippen LogP) is 3.95. The molecule has 2 aliphatic carbocycles. The van der Waals surface area contributed by atoms with Gasteiger partial charge in [-0.2, -0.15) is 16.8 Å². The Morgan fingerprint density at radius 3 is 1.40 bits per heavy atom. The van der Waals surface area contributed by atoms with E-state index >= 15 is 0 Å². The lowest BCUT2D eigenvalue weighted by Crippen LogP contribution is -2.23. The SMILES string of the molecule is O=S(=O)(O)c1cc2c(cc1Br)C1=NC3=NC(=NC4=c5ccc(Br)cc5=C(C4)N=C4N=C(N=C2C1)c1cc(Br)c(S(=O)(=O)O)cc14)c1ccc(Br)cc13.O=S(=O)=O.O=S(=O)=O. The molecular formula is C34H16Br4N6O12S4. The minimum Gasteiger partial charge on any atom is -0.282 e. The highest BCUT2D eigenvalue weighted by Crippen LogP contribution is 2.36. The van der Waals surface area contributed by atoms with Crippen LogP contribution in [0, 0.1) is 0 Å². The van der Waals surface area contributed by atoms with E-state index in [1.807, 2.05) is 36.4 Å². The van der Waals surface area contributed by atoms with Gasteiger partial charge in [-0.05, 0) is 86.5 Å². The van der Waals surface area contributed by atoms with Crippen LogP contribution in [0.4, 0.5) is 0 Å². The highest BCUT2D eigenvalue weighted by Gasteiger charge is 2.34. The summed E-state index contributed by atoms with van der Waals surface area (Å²) in [6, 6.07) is 17.1. The van der Waals surface area contributed by atoms with Gasteiger partial charge in [0.15, 0.2) is 23.3 Å². The largest absolute Gasteiger partial charge is 0.425 e. The Morgan fingerprint density at radius 1 is 0.450 bits per heavy atom. The van der Waals surface area contributed by atoms with Gasteiger partial charge in [-0.25, -0.2) is 30.0 Å². The molecule has 26 heteroatoms. The lowest BCUT2D eigenvalue weighted by Gasteiger charge is -2.08. The minimum atomic E-state index is -4.65. The Bertz CT molecular complexity index is 3460. The standard InChI is InChI=1S/C34H16Br4N6O6S2.2O3S/c35-13-1-3-15-17(5-13)26-11-25(15)39-31-16-4-2-14(36)6-20(16)32(43-31)41-27-12-28(19-9-29(51(45,46)47)23(37)7-18(19)27)42-33-21-8-24(38)30(52(48,49)50)10-22(21)34(40-26)44-33;2*1-4(2)3/h1-10H,11-12H2,(H,45,46,47)(H,48,49,50);;. The van der Waals surface area contributed by atoms with Crippen molar-refractivity contribution < 1.29 is 51.2 Å². The van der Waals surface area contributed by atoms with Crippen molar-refractivity contribution in [3.63, 3.8) is 0 Å². The number of halogens is 4. The summed E-state index contributed by atoms with van der Waals surface area (Å²) >= 11 is 13.7. The molecule has 2 N–H and O–H groups in total. The predicted molar refractivity (Wildman–Crippen MR) is 230 cm³/mol. The van der Waals surface area contributed by atoms with E-state index in [2.05, 4.69) is 63.7 Å². The van der Waals surface area contributed by atoms with Crippen molar-refractivity contribution in [3.8, 4) is 0 Å². The van der Waals surface area contributed by atoms with Crippen molar-refractivity contribution in [2.75, 3.05) is 0 Å². The molecule has 60 heavy (non-hydrogen) atoms. The molecule has 3 aliphatic heterocycles. The molecule has 3 heterocycles. The highest BCUT2D eigenvalue weighted by atomic mass is 79.9. The van der Waals surface area contributed by atoms with E-state index in [-0.39, 0.29) is 43.2 Å². The van der Waals surface area contributed by atoms with Crippen LogP contribution in [-0.4, -0.2) is 86.0 Å². The fourth-order valence-electron chi connectivity index (χ4n) is 6.64. The van der Waals surface area contributed by atoms with Gasteiger partial charge in [0.2, 0.25) is 0 Å². The Hall–Kier alpha value is -4.38. The maximum atomic E-state index is 12.4. The molecule has 0 spiro atoms. The third kappa shape index (κ3) is 8.84. The number of rotatable bonds is 2. The van der Waals surface area contributed by atoms with E-state index in [0.29, 0.717) is 56.7 Å². The third-order valence-corrected chi connectivity index (χ3v) is 13.5. The molecule has 0 aromatic heterocycles.